The summed E-state index contributed by atoms with van der Waals surface area (Å²) in [6, 6.07) is 7.51. The summed E-state index contributed by atoms with van der Waals surface area (Å²) < 4.78 is 11.1. The summed E-state index contributed by atoms with van der Waals surface area (Å²) in [5.74, 6) is 3.02. The van der Waals surface area contributed by atoms with Crippen LogP contribution in [-0.4, -0.2) is 16.6 Å². The highest BCUT2D eigenvalue weighted by Crippen LogP contribution is 2.27. The lowest BCUT2D eigenvalue weighted by molar-refractivity contribution is 0.0333. The Kier molecular flexibility index (Phi) is 4.39. The van der Waals surface area contributed by atoms with E-state index in [0.717, 1.165) is 27.2 Å². The largest absolute Gasteiger partial charge is 0.463 e. The van der Waals surface area contributed by atoms with E-state index in [1.54, 1.807) is 24.3 Å². The molecule has 23 heavy (non-hydrogen) atoms. The Balaban J connectivity index is 1.58. The van der Waals surface area contributed by atoms with Gasteiger partial charge in [-0.3, -0.25) is 0 Å². The SMILES string of the molecule is Cc1ccc(-c2ncc(CNCC(C)(O)c3ccc(C)o3)s2)o1. The van der Waals surface area contributed by atoms with Gasteiger partial charge in [-0.1, -0.05) is 0 Å². The van der Waals surface area contributed by atoms with Crippen molar-refractivity contribution in [2.45, 2.75) is 32.9 Å². The molecule has 6 heteroatoms. The normalized spacial score (nSPS) is 14.1. The molecule has 0 saturated carbocycles. The molecule has 0 radical (unpaired) electrons. The molecule has 0 fully saturated rings. The van der Waals surface area contributed by atoms with Crippen LogP contribution in [0.15, 0.2) is 39.3 Å². The second-order valence-corrected chi connectivity index (χ2v) is 6.94. The maximum absolute atomic E-state index is 10.5. The highest BCUT2D eigenvalue weighted by atomic mass is 32.1. The van der Waals surface area contributed by atoms with Crippen molar-refractivity contribution in [2.24, 2.45) is 0 Å². The van der Waals surface area contributed by atoms with Gasteiger partial charge in [-0.25, -0.2) is 4.98 Å². The zero-order chi connectivity index (χ0) is 16.4. The van der Waals surface area contributed by atoms with Crippen molar-refractivity contribution in [3.05, 3.63) is 52.6 Å². The third kappa shape index (κ3) is 3.72. The standard InChI is InChI=1S/C17H20N2O3S/c1-11-4-6-14(21-11)16-19-9-13(23-16)8-18-10-17(3,20)15-7-5-12(2)22-15/h4-7,9,18,20H,8,10H2,1-3H3. The Morgan fingerprint density at radius 1 is 1.17 bits per heavy atom. The summed E-state index contributed by atoms with van der Waals surface area (Å²) in [6.45, 7) is 6.54. The van der Waals surface area contributed by atoms with Crippen LogP contribution in [0.3, 0.4) is 0 Å². The van der Waals surface area contributed by atoms with Gasteiger partial charge in [0.05, 0.1) is 0 Å². The van der Waals surface area contributed by atoms with E-state index in [2.05, 4.69) is 10.3 Å². The molecule has 1 unspecified atom stereocenters. The lowest BCUT2D eigenvalue weighted by Crippen LogP contribution is -2.34. The molecular weight excluding hydrogens is 312 g/mol. The first kappa shape index (κ1) is 16.0. The summed E-state index contributed by atoms with van der Waals surface area (Å²) >= 11 is 1.58. The molecule has 3 rings (SSSR count). The molecule has 2 N–H and O–H groups in total. The molecule has 0 saturated heterocycles. The molecule has 3 aromatic heterocycles. The van der Waals surface area contributed by atoms with E-state index in [1.165, 1.54) is 0 Å². The minimum Gasteiger partial charge on any atom is -0.463 e. The predicted octanol–water partition coefficient (Wildman–Crippen LogP) is 3.61. The van der Waals surface area contributed by atoms with Crippen LogP contribution in [0.4, 0.5) is 0 Å². The number of thiazole rings is 1. The molecule has 0 aromatic carbocycles. The first-order valence-corrected chi connectivity index (χ1v) is 8.27. The zero-order valence-corrected chi connectivity index (χ0v) is 14.2. The van der Waals surface area contributed by atoms with Crippen molar-refractivity contribution >= 4 is 11.3 Å². The molecular formula is C17H20N2O3S. The lowest BCUT2D eigenvalue weighted by atomic mass is 10.0. The summed E-state index contributed by atoms with van der Waals surface area (Å²) in [5, 5.41) is 14.6. The Morgan fingerprint density at radius 2 is 1.91 bits per heavy atom. The number of rotatable bonds is 6. The van der Waals surface area contributed by atoms with E-state index >= 15 is 0 Å². The van der Waals surface area contributed by atoms with Gasteiger partial charge in [-0.2, -0.15) is 0 Å². The van der Waals surface area contributed by atoms with Crippen LogP contribution in [0.25, 0.3) is 10.8 Å². The maximum atomic E-state index is 10.5. The van der Waals surface area contributed by atoms with Crippen molar-refractivity contribution in [1.29, 1.82) is 0 Å². The van der Waals surface area contributed by atoms with Crippen molar-refractivity contribution in [3.8, 4) is 10.8 Å². The maximum Gasteiger partial charge on any atom is 0.162 e. The molecule has 0 aliphatic carbocycles. The Bertz CT molecular complexity index is 785. The molecule has 0 bridgehead atoms. The fourth-order valence-corrected chi connectivity index (χ4v) is 3.14. The summed E-state index contributed by atoms with van der Waals surface area (Å²) in [4.78, 5) is 5.46. The summed E-state index contributed by atoms with van der Waals surface area (Å²) in [5.41, 5.74) is -1.04. The van der Waals surface area contributed by atoms with Crippen LogP contribution in [0.2, 0.25) is 0 Å². The predicted molar refractivity (Wildman–Crippen MR) is 89.3 cm³/mol. The topological polar surface area (TPSA) is 71.4 Å². The quantitative estimate of drug-likeness (QED) is 0.721. The number of aromatic nitrogens is 1. The summed E-state index contributed by atoms with van der Waals surface area (Å²) in [7, 11) is 0. The van der Waals surface area contributed by atoms with Gasteiger partial charge in [-0.05, 0) is 45.0 Å². The van der Waals surface area contributed by atoms with Gasteiger partial charge < -0.3 is 19.3 Å². The van der Waals surface area contributed by atoms with Crippen LogP contribution in [0.1, 0.15) is 29.1 Å². The van der Waals surface area contributed by atoms with Crippen molar-refractivity contribution in [1.82, 2.24) is 10.3 Å². The van der Waals surface area contributed by atoms with E-state index in [0.29, 0.717) is 18.8 Å². The van der Waals surface area contributed by atoms with Crippen LogP contribution < -0.4 is 5.32 Å². The monoisotopic (exact) mass is 332 g/mol. The number of aryl methyl sites for hydroxylation is 2. The van der Waals surface area contributed by atoms with Crippen LogP contribution in [0.5, 0.6) is 0 Å². The Labute approximate surface area is 139 Å². The highest BCUT2D eigenvalue weighted by Gasteiger charge is 2.26. The van der Waals surface area contributed by atoms with E-state index in [9.17, 15) is 5.11 Å². The molecule has 3 heterocycles. The fourth-order valence-electron chi connectivity index (χ4n) is 2.29. The van der Waals surface area contributed by atoms with Gasteiger partial charge in [0.1, 0.15) is 22.9 Å². The smallest absolute Gasteiger partial charge is 0.162 e. The van der Waals surface area contributed by atoms with Crippen molar-refractivity contribution in [2.75, 3.05) is 6.54 Å². The van der Waals surface area contributed by atoms with Crippen LogP contribution >= 0.6 is 11.3 Å². The second kappa shape index (κ2) is 6.31. The molecule has 1 atom stereocenters. The minimum absolute atomic E-state index is 0.396. The van der Waals surface area contributed by atoms with Gasteiger partial charge in [0.25, 0.3) is 0 Å². The number of aliphatic hydroxyl groups is 1. The third-order valence-electron chi connectivity index (χ3n) is 3.54. The molecule has 0 aliphatic heterocycles. The number of nitrogens with zero attached hydrogens (tertiary/aromatic N) is 1. The summed E-state index contributed by atoms with van der Waals surface area (Å²) in [6.07, 6.45) is 1.83. The van der Waals surface area contributed by atoms with Gasteiger partial charge in [0.2, 0.25) is 0 Å². The van der Waals surface area contributed by atoms with Crippen molar-refractivity contribution in [3.63, 3.8) is 0 Å². The molecule has 0 amide bonds. The average Bonchev–Trinajstić information content (AvgIpc) is 3.19. The highest BCUT2D eigenvalue weighted by molar-refractivity contribution is 7.14. The molecule has 122 valence electrons. The van der Waals surface area contributed by atoms with Gasteiger partial charge in [-0.15, -0.1) is 11.3 Å². The average molecular weight is 332 g/mol. The molecule has 5 nitrogen and oxygen atoms in total. The minimum atomic E-state index is -1.04. The molecule has 0 aliphatic rings. The number of nitrogens with one attached hydrogen (secondary N) is 1. The van der Waals surface area contributed by atoms with Gasteiger partial charge in [0.15, 0.2) is 10.8 Å². The number of hydrogen-bond acceptors (Lipinski definition) is 6. The zero-order valence-electron chi connectivity index (χ0n) is 13.4. The third-order valence-corrected chi connectivity index (χ3v) is 4.56. The first-order valence-electron chi connectivity index (χ1n) is 7.45. The number of hydrogen-bond donors (Lipinski definition) is 2. The lowest BCUT2D eigenvalue weighted by Gasteiger charge is -2.21. The van der Waals surface area contributed by atoms with Crippen LogP contribution in [0, 0.1) is 13.8 Å². The Hall–Kier alpha value is -1.89. The van der Waals surface area contributed by atoms with E-state index in [-0.39, 0.29) is 0 Å². The van der Waals surface area contributed by atoms with E-state index < -0.39 is 5.60 Å². The second-order valence-electron chi connectivity index (χ2n) is 5.83. The molecule has 3 aromatic rings. The van der Waals surface area contributed by atoms with Crippen molar-refractivity contribution < 1.29 is 13.9 Å². The van der Waals surface area contributed by atoms with Gasteiger partial charge in [0, 0.05) is 24.2 Å². The van der Waals surface area contributed by atoms with E-state index in [4.69, 9.17) is 8.83 Å². The van der Waals surface area contributed by atoms with Gasteiger partial charge >= 0.3 is 0 Å². The first-order chi connectivity index (χ1) is 10.9. The fraction of sp³-hybridized carbons (Fsp3) is 0.353. The molecule has 0 spiro atoms. The van der Waals surface area contributed by atoms with E-state index in [1.807, 2.05) is 38.2 Å². The Morgan fingerprint density at radius 3 is 2.57 bits per heavy atom. The number of furan rings is 2. The van der Waals surface area contributed by atoms with Crippen LogP contribution in [-0.2, 0) is 12.1 Å².